The molecule has 5 heteroatoms. The lowest BCUT2D eigenvalue weighted by Crippen LogP contribution is -2.26. The minimum absolute atomic E-state index is 0. The molecule has 0 bridgehead atoms. The van der Waals surface area contributed by atoms with Crippen LogP contribution in [0.2, 0.25) is 5.15 Å². The van der Waals surface area contributed by atoms with Crippen molar-refractivity contribution < 1.29 is 9.53 Å². The maximum atomic E-state index is 11.4. The van der Waals surface area contributed by atoms with Crippen LogP contribution >= 0.6 is 24.0 Å². The Balaban J connectivity index is 0.00000112. The van der Waals surface area contributed by atoms with Gasteiger partial charge in [-0.2, -0.15) is 0 Å². The highest BCUT2D eigenvalue weighted by Gasteiger charge is 2.27. The van der Waals surface area contributed by atoms with Crippen molar-refractivity contribution in [1.29, 1.82) is 0 Å². The highest BCUT2D eigenvalue weighted by molar-refractivity contribution is 6.29. The van der Waals surface area contributed by atoms with E-state index in [0.717, 1.165) is 19.3 Å². The zero-order valence-corrected chi connectivity index (χ0v) is 9.55. The Kier molecular flexibility index (Phi) is 4.36. The maximum Gasteiger partial charge on any atom is 0.315 e. The second kappa shape index (κ2) is 5.33. The first-order chi connectivity index (χ1) is 6.75. The van der Waals surface area contributed by atoms with Crippen LogP contribution in [0.4, 0.5) is 0 Å². The van der Waals surface area contributed by atoms with Gasteiger partial charge in [0.25, 0.3) is 0 Å². The standard InChI is InChI=1S/C10H10ClNO2.ClH/c11-8-5-2-6-9(12-8)14-10(13)7-3-1-4-7;/h2,5-7H,1,3-4H2;1H. The van der Waals surface area contributed by atoms with E-state index < -0.39 is 0 Å². The van der Waals surface area contributed by atoms with Crippen LogP contribution in [0.3, 0.4) is 0 Å². The molecule has 0 N–H and O–H groups in total. The van der Waals surface area contributed by atoms with Crippen LogP contribution in [0, 0.1) is 5.92 Å². The Morgan fingerprint density at radius 1 is 1.47 bits per heavy atom. The Morgan fingerprint density at radius 2 is 2.20 bits per heavy atom. The molecule has 0 saturated heterocycles. The van der Waals surface area contributed by atoms with E-state index in [2.05, 4.69) is 4.98 Å². The van der Waals surface area contributed by atoms with Gasteiger partial charge in [0.05, 0.1) is 5.92 Å². The summed E-state index contributed by atoms with van der Waals surface area (Å²) in [5, 5.41) is 0.337. The molecule has 82 valence electrons. The third kappa shape index (κ3) is 3.08. The largest absolute Gasteiger partial charge is 0.407 e. The van der Waals surface area contributed by atoms with Crippen molar-refractivity contribution in [3.63, 3.8) is 0 Å². The first-order valence-electron chi connectivity index (χ1n) is 4.60. The van der Waals surface area contributed by atoms with Gasteiger partial charge in [-0.3, -0.25) is 4.79 Å². The van der Waals surface area contributed by atoms with Crippen LogP contribution in [0.5, 0.6) is 5.88 Å². The predicted octanol–water partition coefficient (Wildman–Crippen LogP) is 2.86. The molecule has 1 fully saturated rings. The summed E-state index contributed by atoms with van der Waals surface area (Å²) in [6, 6.07) is 4.98. The van der Waals surface area contributed by atoms with Gasteiger partial charge in [-0.25, -0.2) is 4.98 Å². The van der Waals surface area contributed by atoms with Gasteiger partial charge in [-0.15, -0.1) is 12.4 Å². The number of carbonyl (C=O) groups is 1. The van der Waals surface area contributed by atoms with Crippen LogP contribution in [0.25, 0.3) is 0 Å². The monoisotopic (exact) mass is 247 g/mol. The molecule has 15 heavy (non-hydrogen) atoms. The van der Waals surface area contributed by atoms with Crippen molar-refractivity contribution in [3.05, 3.63) is 23.4 Å². The zero-order chi connectivity index (χ0) is 9.97. The molecule has 0 aliphatic heterocycles. The van der Waals surface area contributed by atoms with Crippen molar-refractivity contribution in [2.45, 2.75) is 19.3 Å². The van der Waals surface area contributed by atoms with Gasteiger partial charge in [-0.1, -0.05) is 24.1 Å². The number of halogens is 2. The van der Waals surface area contributed by atoms with Gasteiger partial charge in [0.1, 0.15) is 5.15 Å². The minimum Gasteiger partial charge on any atom is -0.407 e. The minimum atomic E-state index is -0.189. The lowest BCUT2D eigenvalue weighted by Gasteiger charge is -2.22. The SMILES string of the molecule is Cl.O=C(Oc1cccc(Cl)n1)C1CCC1. The predicted molar refractivity (Wildman–Crippen MR) is 59.5 cm³/mol. The van der Waals surface area contributed by atoms with E-state index in [1.165, 1.54) is 0 Å². The molecule has 1 aliphatic carbocycles. The summed E-state index contributed by atoms with van der Waals surface area (Å²) in [5.74, 6) is 0.163. The number of pyridine rings is 1. The third-order valence-corrected chi connectivity index (χ3v) is 2.54. The number of aromatic nitrogens is 1. The van der Waals surface area contributed by atoms with Crippen molar-refractivity contribution in [3.8, 4) is 5.88 Å². The molecule has 0 spiro atoms. The van der Waals surface area contributed by atoms with Crippen LogP contribution in [0.15, 0.2) is 18.2 Å². The first-order valence-corrected chi connectivity index (χ1v) is 4.98. The highest BCUT2D eigenvalue weighted by atomic mass is 35.5. The average Bonchev–Trinajstić information content (AvgIpc) is 1.99. The van der Waals surface area contributed by atoms with Crippen LogP contribution < -0.4 is 4.74 Å². The molecule has 0 atom stereocenters. The number of esters is 1. The summed E-state index contributed by atoms with van der Waals surface area (Å²) in [7, 11) is 0. The molecule has 1 aromatic heterocycles. The molecule has 0 aromatic carbocycles. The second-order valence-electron chi connectivity index (χ2n) is 3.35. The topological polar surface area (TPSA) is 39.2 Å². The summed E-state index contributed by atoms with van der Waals surface area (Å²) >= 11 is 5.65. The van der Waals surface area contributed by atoms with Crippen LogP contribution in [-0.4, -0.2) is 11.0 Å². The summed E-state index contributed by atoms with van der Waals surface area (Å²) in [6.07, 6.45) is 2.97. The lowest BCUT2D eigenvalue weighted by molar-refractivity contribution is -0.141. The van der Waals surface area contributed by atoms with Crippen molar-refractivity contribution in [2.75, 3.05) is 0 Å². The lowest BCUT2D eigenvalue weighted by atomic mass is 9.86. The molecular weight excluding hydrogens is 237 g/mol. The number of carbonyl (C=O) groups excluding carboxylic acids is 1. The number of nitrogens with zero attached hydrogens (tertiary/aromatic N) is 1. The maximum absolute atomic E-state index is 11.4. The van der Waals surface area contributed by atoms with Crippen LogP contribution in [0.1, 0.15) is 19.3 Å². The summed E-state index contributed by atoms with van der Waals surface area (Å²) < 4.78 is 5.06. The molecule has 1 heterocycles. The van der Waals surface area contributed by atoms with Gasteiger partial charge in [-0.05, 0) is 18.9 Å². The Hall–Kier alpha value is -0.800. The van der Waals surface area contributed by atoms with Crippen molar-refractivity contribution in [2.24, 2.45) is 5.92 Å². The van der Waals surface area contributed by atoms with E-state index in [-0.39, 0.29) is 30.2 Å². The van der Waals surface area contributed by atoms with Gasteiger partial charge >= 0.3 is 5.97 Å². The Morgan fingerprint density at radius 3 is 2.73 bits per heavy atom. The van der Waals surface area contributed by atoms with E-state index in [9.17, 15) is 4.79 Å². The Labute approximate surface area is 99.2 Å². The van der Waals surface area contributed by atoms with E-state index in [4.69, 9.17) is 16.3 Å². The molecule has 1 aliphatic rings. The number of ether oxygens (including phenoxy) is 1. The highest BCUT2D eigenvalue weighted by Crippen LogP contribution is 2.27. The van der Waals surface area contributed by atoms with E-state index in [0.29, 0.717) is 5.15 Å². The smallest absolute Gasteiger partial charge is 0.315 e. The van der Waals surface area contributed by atoms with E-state index in [1.807, 2.05) is 0 Å². The van der Waals surface area contributed by atoms with E-state index >= 15 is 0 Å². The summed E-state index contributed by atoms with van der Waals surface area (Å²) in [6.45, 7) is 0. The fraction of sp³-hybridized carbons (Fsp3) is 0.400. The summed E-state index contributed by atoms with van der Waals surface area (Å²) in [4.78, 5) is 15.3. The molecule has 1 aromatic rings. The molecule has 0 amide bonds. The zero-order valence-electron chi connectivity index (χ0n) is 7.98. The average molecular weight is 248 g/mol. The van der Waals surface area contributed by atoms with Crippen molar-refractivity contribution >= 4 is 30.0 Å². The molecular formula is C10H11Cl2NO2. The van der Waals surface area contributed by atoms with E-state index in [1.54, 1.807) is 18.2 Å². The Bertz CT molecular complexity index is 353. The first kappa shape index (κ1) is 12.3. The molecule has 2 rings (SSSR count). The molecule has 3 nitrogen and oxygen atoms in total. The summed E-state index contributed by atoms with van der Waals surface area (Å²) in [5.41, 5.74) is 0. The third-order valence-electron chi connectivity index (χ3n) is 2.33. The van der Waals surface area contributed by atoms with Gasteiger partial charge in [0.2, 0.25) is 5.88 Å². The van der Waals surface area contributed by atoms with Crippen LogP contribution in [-0.2, 0) is 4.79 Å². The number of hydrogen-bond donors (Lipinski definition) is 0. The van der Waals surface area contributed by atoms with Crippen molar-refractivity contribution in [1.82, 2.24) is 4.98 Å². The molecule has 0 radical (unpaired) electrons. The second-order valence-corrected chi connectivity index (χ2v) is 3.73. The van der Waals surface area contributed by atoms with Gasteiger partial charge in [0.15, 0.2) is 0 Å². The van der Waals surface area contributed by atoms with Gasteiger partial charge < -0.3 is 4.74 Å². The molecule has 1 saturated carbocycles. The molecule has 0 unspecified atom stereocenters. The normalized spacial score (nSPS) is 15.0. The fourth-order valence-electron chi connectivity index (χ4n) is 1.28. The fourth-order valence-corrected chi connectivity index (χ4v) is 1.43. The number of hydrogen-bond acceptors (Lipinski definition) is 3. The van der Waals surface area contributed by atoms with Gasteiger partial charge in [0, 0.05) is 6.07 Å². The number of rotatable bonds is 2. The quantitative estimate of drug-likeness (QED) is 0.596.